The number of esters is 3. The van der Waals surface area contributed by atoms with Gasteiger partial charge in [0.05, 0.1) is 12.0 Å². The standard InChI is InChI=1S/C17H28O6/c1-6-13(12-22-16(20)17(4,5)8-3)23-15(19)10-9-11-21-14(18)7-2/h7,13H,2,6,8-12H2,1,3-5H3. The molecule has 0 amide bonds. The van der Waals surface area contributed by atoms with Crippen molar-refractivity contribution in [3.63, 3.8) is 0 Å². The molecule has 23 heavy (non-hydrogen) atoms. The highest BCUT2D eigenvalue weighted by atomic mass is 16.6. The van der Waals surface area contributed by atoms with Crippen molar-refractivity contribution in [3.8, 4) is 0 Å². The van der Waals surface area contributed by atoms with E-state index in [1.54, 1.807) is 0 Å². The molecule has 0 aromatic heterocycles. The van der Waals surface area contributed by atoms with Gasteiger partial charge in [-0.15, -0.1) is 0 Å². The lowest BCUT2D eigenvalue weighted by atomic mass is 9.91. The molecular weight excluding hydrogens is 300 g/mol. The molecule has 1 unspecified atom stereocenters. The largest absolute Gasteiger partial charge is 0.463 e. The molecule has 0 radical (unpaired) electrons. The monoisotopic (exact) mass is 328 g/mol. The minimum absolute atomic E-state index is 0.0515. The van der Waals surface area contributed by atoms with Crippen molar-refractivity contribution in [2.24, 2.45) is 5.41 Å². The van der Waals surface area contributed by atoms with Crippen molar-refractivity contribution in [2.75, 3.05) is 13.2 Å². The molecule has 0 aromatic carbocycles. The summed E-state index contributed by atoms with van der Waals surface area (Å²) >= 11 is 0. The van der Waals surface area contributed by atoms with Gasteiger partial charge in [0.25, 0.3) is 0 Å². The fourth-order valence-corrected chi connectivity index (χ4v) is 1.44. The third kappa shape index (κ3) is 9.01. The molecule has 0 aliphatic rings. The number of hydrogen-bond acceptors (Lipinski definition) is 6. The predicted molar refractivity (Wildman–Crippen MR) is 85.6 cm³/mol. The van der Waals surface area contributed by atoms with Crippen molar-refractivity contribution in [3.05, 3.63) is 12.7 Å². The van der Waals surface area contributed by atoms with Crippen LogP contribution in [0.15, 0.2) is 12.7 Å². The smallest absolute Gasteiger partial charge is 0.330 e. The van der Waals surface area contributed by atoms with E-state index in [-0.39, 0.29) is 25.6 Å². The van der Waals surface area contributed by atoms with Gasteiger partial charge in [0.15, 0.2) is 0 Å². The molecule has 0 saturated carbocycles. The molecule has 0 rings (SSSR count). The topological polar surface area (TPSA) is 78.9 Å². The van der Waals surface area contributed by atoms with Crippen molar-refractivity contribution in [1.82, 2.24) is 0 Å². The molecule has 0 aromatic rings. The van der Waals surface area contributed by atoms with Gasteiger partial charge in [0.1, 0.15) is 12.7 Å². The van der Waals surface area contributed by atoms with Crippen LogP contribution in [-0.2, 0) is 28.6 Å². The Morgan fingerprint density at radius 3 is 2.35 bits per heavy atom. The highest BCUT2D eigenvalue weighted by Gasteiger charge is 2.28. The Hall–Kier alpha value is -1.85. The lowest BCUT2D eigenvalue weighted by Gasteiger charge is -2.22. The SMILES string of the molecule is C=CC(=O)OCCCC(=O)OC(CC)COC(=O)C(C)(C)CC. The molecule has 0 bridgehead atoms. The normalized spacial score (nSPS) is 12.2. The zero-order chi connectivity index (χ0) is 17.9. The maximum atomic E-state index is 11.9. The van der Waals surface area contributed by atoms with E-state index in [1.807, 2.05) is 27.7 Å². The lowest BCUT2D eigenvalue weighted by molar-refractivity contribution is -0.165. The summed E-state index contributed by atoms with van der Waals surface area (Å²) < 4.78 is 15.2. The van der Waals surface area contributed by atoms with Crippen LogP contribution in [0.25, 0.3) is 0 Å². The van der Waals surface area contributed by atoms with Crippen LogP contribution in [0, 0.1) is 5.41 Å². The van der Waals surface area contributed by atoms with Crippen molar-refractivity contribution < 1.29 is 28.6 Å². The Bertz CT molecular complexity index is 413. The molecule has 0 N–H and O–H groups in total. The van der Waals surface area contributed by atoms with Crippen molar-refractivity contribution in [2.45, 2.75) is 59.5 Å². The number of carbonyl (C=O) groups is 3. The molecule has 0 fully saturated rings. The molecular formula is C17H28O6. The Labute approximate surface area is 138 Å². The van der Waals surface area contributed by atoms with Gasteiger partial charge in [0, 0.05) is 12.5 Å². The average molecular weight is 328 g/mol. The van der Waals surface area contributed by atoms with Crippen molar-refractivity contribution >= 4 is 17.9 Å². The summed E-state index contributed by atoms with van der Waals surface area (Å²) in [6, 6.07) is 0. The second kappa shape index (κ2) is 10.8. The van der Waals surface area contributed by atoms with Gasteiger partial charge < -0.3 is 14.2 Å². The molecule has 0 heterocycles. The Balaban J connectivity index is 4.08. The van der Waals surface area contributed by atoms with Gasteiger partial charge in [-0.25, -0.2) is 4.79 Å². The summed E-state index contributed by atoms with van der Waals surface area (Å²) in [5.41, 5.74) is -0.544. The van der Waals surface area contributed by atoms with Crippen LogP contribution < -0.4 is 0 Å². The van der Waals surface area contributed by atoms with Gasteiger partial charge in [-0.05, 0) is 33.1 Å². The fourth-order valence-electron chi connectivity index (χ4n) is 1.44. The van der Waals surface area contributed by atoms with E-state index in [1.165, 1.54) is 0 Å². The number of ether oxygens (including phenoxy) is 3. The van der Waals surface area contributed by atoms with Crippen LogP contribution >= 0.6 is 0 Å². The molecule has 0 aliphatic carbocycles. The summed E-state index contributed by atoms with van der Waals surface area (Å²) in [6.45, 7) is 10.9. The van der Waals surface area contributed by atoms with Crippen LogP contribution in [-0.4, -0.2) is 37.2 Å². The van der Waals surface area contributed by atoms with Crippen LogP contribution in [0.2, 0.25) is 0 Å². The zero-order valence-electron chi connectivity index (χ0n) is 14.6. The molecule has 0 saturated heterocycles. The number of rotatable bonds is 11. The van der Waals surface area contributed by atoms with E-state index in [0.29, 0.717) is 19.3 Å². The third-order valence-electron chi connectivity index (χ3n) is 3.53. The number of carbonyl (C=O) groups excluding carboxylic acids is 3. The summed E-state index contributed by atoms with van der Waals surface area (Å²) in [6.07, 6.45) is 2.34. The molecule has 6 heteroatoms. The molecule has 0 spiro atoms. The minimum Gasteiger partial charge on any atom is -0.463 e. The first kappa shape index (κ1) is 21.1. The summed E-state index contributed by atoms with van der Waals surface area (Å²) in [7, 11) is 0. The maximum absolute atomic E-state index is 11.9. The Morgan fingerprint density at radius 2 is 1.83 bits per heavy atom. The molecule has 132 valence electrons. The molecule has 0 aliphatic heterocycles. The molecule has 6 nitrogen and oxygen atoms in total. The van der Waals surface area contributed by atoms with Crippen LogP contribution in [0.1, 0.15) is 53.4 Å². The highest BCUT2D eigenvalue weighted by molar-refractivity contribution is 5.81. The molecule has 1 atom stereocenters. The van der Waals surface area contributed by atoms with Gasteiger partial charge in [-0.1, -0.05) is 20.4 Å². The highest BCUT2D eigenvalue weighted by Crippen LogP contribution is 2.21. The first-order valence-corrected chi connectivity index (χ1v) is 7.92. The van der Waals surface area contributed by atoms with E-state index in [2.05, 4.69) is 6.58 Å². The third-order valence-corrected chi connectivity index (χ3v) is 3.53. The van der Waals surface area contributed by atoms with Crippen LogP contribution in [0.4, 0.5) is 0 Å². The first-order chi connectivity index (χ1) is 10.8. The average Bonchev–Trinajstić information content (AvgIpc) is 2.54. The number of hydrogen-bond donors (Lipinski definition) is 0. The fraction of sp³-hybridized carbons (Fsp3) is 0.706. The van der Waals surface area contributed by atoms with Crippen LogP contribution in [0.3, 0.4) is 0 Å². The lowest BCUT2D eigenvalue weighted by Crippen LogP contribution is -2.31. The van der Waals surface area contributed by atoms with E-state index < -0.39 is 23.5 Å². The van der Waals surface area contributed by atoms with Gasteiger partial charge >= 0.3 is 17.9 Å². The summed E-state index contributed by atoms with van der Waals surface area (Å²) in [5.74, 6) is -1.22. The quantitative estimate of drug-likeness (QED) is 0.251. The van der Waals surface area contributed by atoms with E-state index in [9.17, 15) is 14.4 Å². The van der Waals surface area contributed by atoms with Gasteiger partial charge in [-0.2, -0.15) is 0 Å². The summed E-state index contributed by atoms with van der Waals surface area (Å²) in [5, 5.41) is 0. The predicted octanol–water partition coefficient (Wildman–Crippen LogP) is 2.80. The second-order valence-electron chi connectivity index (χ2n) is 5.83. The van der Waals surface area contributed by atoms with Crippen LogP contribution in [0.5, 0.6) is 0 Å². The Morgan fingerprint density at radius 1 is 1.17 bits per heavy atom. The van der Waals surface area contributed by atoms with Gasteiger partial charge in [0.2, 0.25) is 0 Å². The van der Waals surface area contributed by atoms with E-state index in [4.69, 9.17) is 14.2 Å². The minimum atomic E-state index is -0.544. The second-order valence-corrected chi connectivity index (χ2v) is 5.83. The summed E-state index contributed by atoms with van der Waals surface area (Å²) in [4.78, 5) is 34.4. The van der Waals surface area contributed by atoms with Gasteiger partial charge in [-0.3, -0.25) is 9.59 Å². The zero-order valence-corrected chi connectivity index (χ0v) is 14.6. The van der Waals surface area contributed by atoms with E-state index >= 15 is 0 Å². The van der Waals surface area contributed by atoms with E-state index in [0.717, 1.165) is 6.08 Å². The first-order valence-electron chi connectivity index (χ1n) is 7.92. The maximum Gasteiger partial charge on any atom is 0.330 e. The Kier molecular flexibility index (Phi) is 9.94. The van der Waals surface area contributed by atoms with Crippen molar-refractivity contribution in [1.29, 1.82) is 0 Å².